The topological polar surface area (TPSA) is 12.5 Å². The molecule has 0 aromatic rings. The van der Waals surface area contributed by atoms with Gasteiger partial charge in [0.15, 0.2) is 0 Å². The highest BCUT2D eigenvalue weighted by Gasteiger charge is 2.11. The lowest BCUT2D eigenvalue weighted by atomic mass is 10.1. The zero-order chi connectivity index (χ0) is 10.1. The molecule has 1 heterocycles. The molecule has 13 heavy (non-hydrogen) atoms. The van der Waals surface area contributed by atoms with Gasteiger partial charge in [0.05, 0.1) is 13.2 Å². The van der Waals surface area contributed by atoms with Crippen LogP contribution in [0.3, 0.4) is 0 Å². The van der Waals surface area contributed by atoms with Crippen LogP contribution in [0.2, 0.25) is 0 Å². The van der Waals surface area contributed by atoms with Gasteiger partial charge in [-0.2, -0.15) is 0 Å². The number of ether oxygens (including phenoxy) is 1. The highest BCUT2D eigenvalue weighted by atomic mass is 16.5. The number of hydrogen-bond acceptors (Lipinski definition) is 2. The predicted molar refractivity (Wildman–Crippen MR) is 58.1 cm³/mol. The van der Waals surface area contributed by atoms with Crippen LogP contribution in [0.5, 0.6) is 0 Å². The van der Waals surface area contributed by atoms with Crippen molar-refractivity contribution < 1.29 is 4.74 Å². The van der Waals surface area contributed by atoms with Gasteiger partial charge < -0.3 is 4.74 Å². The zero-order valence-corrected chi connectivity index (χ0v) is 9.68. The van der Waals surface area contributed by atoms with E-state index in [1.807, 2.05) is 13.8 Å². The molecule has 1 fully saturated rings. The maximum absolute atomic E-state index is 5.27. The number of morpholine rings is 1. The van der Waals surface area contributed by atoms with Gasteiger partial charge >= 0.3 is 0 Å². The van der Waals surface area contributed by atoms with Crippen molar-refractivity contribution >= 4 is 0 Å². The van der Waals surface area contributed by atoms with Crippen LogP contribution in [0.25, 0.3) is 0 Å². The molecular weight excluding hydrogens is 162 g/mol. The summed E-state index contributed by atoms with van der Waals surface area (Å²) < 4.78 is 5.27. The molecule has 0 amide bonds. The van der Waals surface area contributed by atoms with Crippen molar-refractivity contribution in [3.05, 3.63) is 0 Å². The Morgan fingerprint density at radius 1 is 1.23 bits per heavy atom. The first-order chi connectivity index (χ1) is 6.33. The smallest absolute Gasteiger partial charge is 0.0594 e. The lowest BCUT2D eigenvalue weighted by Crippen LogP contribution is -2.38. The molecule has 1 aliphatic rings. The Morgan fingerprint density at radius 3 is 2.23 bits per heavy atom. The summed E-state index contributed by atoms with van der Waals surface area (Å²) in [6.45, 7) is 13.9. The second kappa shape index (κ2) is 8.52. The maximum atomic E-state index is 5.27. The van der Waals surface area contributed by atoms with E-state index >= 15 is 0 Å². The van der Waals surface area contributed by atoms with Crippen molar-refractivity contribution in [1.29, 1.82) is 0 Å². The molecule has 0 aliphatic carbocycles. The van der Waals surface area contributed by atoms with E-state index in [9.17, 15) is 0 Å². The third-order valence-electron chi connectivity index (χ3n) is 2.37. The molecule has 1 rings (SSSR count). The van der Waals surface area contributed by atoms with Crippen LogP contribution in [0.4, 0.5) is 0 Å². The van der Waals surface area contributed by atoms with E-state index in [4.69, 9.17) is 4.74 Å². The van der Waals surface area contributed by atoms with E-state index in [1.165, 1.54) is 13.0 Å². The minimum absolute atomic E-state index is 0.841. The second-order valence-electron chi connectivity index (χ2n) is 3.43. The van der Waals surface area contributed by atoms with Gasteiger partial charge in [-0.15, -0.1) is 0 Å². The molecule has 1 saturated heterocycles. The van der Waals surface area contributed by atoms with Crippen LogP contribution in [0.1, 0.15) is 34.1 Å². The van der Waals surface area contributed by atoms with Crippen LogP contribution in [-0.4, -0.2) is 37.7 Å². The minimum atomic E-state index is 0.841. The average Bonchev–Trinajstić information content (AvgIpc) is 2.22. The first-order valence-electron chi connectivity index (χ1n) is 5.63. The van der Waals surface area contributed by atoms with Crippen molar-refractivity contribution in [2.45, 2.75) is 34.1 Å². The summed E-state index contributed by atoms with van der Waals surface area (Å²) in [6, 6.07) is 0. The van der Waals surface area contributed by atoms with Gasteiger partial charge in [-0.3, -0.25) is 4.90 Å². The quantitative estimate of drug-likeness (QED) is 0.672. The molecule has 2 heteroatoms. The van der Waals surface area contributed by atoms with E-state index in [0.29, 0.717) is 0 Å². The van der Waals surface area contributed by atoms with E-state index < -0.39 is 0 Å². The molecular formula is C11H25NO. The van der Waals surface area contributed by atoms with Gasteiger partial charge in [0.1, 0.15) is 0 Å². The summed E-state index contributed by atoms with van der Waals surface area (Å²) >= 11 is 0. The van der Waals surface area contributed by atoms with Crippen LogP contribution < -0.4 is 0 Å². The second-order valence-corrected chi connectivity index (χ2v) is 3.43. The Labute approximate surface area is 83.3 Å². The van der Waals surface area contributed by atoms with Crippen molar-refractivity contribution in [1.82, 2.24) is 4.90 Å². The van der Waals surface area contributed by atoms with E-state index in [0.717, 1.165) is 32.2 Å². The van der Waals surface area contributed by atoms with Crippen LogP contribution >= 0.6 is 0 Å². The fraction of sp³-hybridized carbons (Fsp3) is 1.00. The van der Waals surface area contributed by atoms with E-state index in [-0.39, 0.29) is 0 Å². The van der Waals surface area contributed by atoms with Crippen molar-refractivity contribution in [3.63, 3.8) is 0 Å². The minimum Gasteiger partial charge on any atom is -0.379 e. The molecule has 80 valence electrons. The van der Waals surface area contributed by atoms with Crippen LogP contribution in [0, 0.1) is 5.92 Å². The molecule has 0 saturated carbocycles. The maximum Gasteiger partial charge on any atom is 0.0594 e. The molecule has 0 bridgehead atoms. The largest absolute Gasteiger partial charge is 0.379 e. The summed E-state index contributed by atoms with van der Waals surface area (Å²) in [5.74, 6) is 0.841. The number of rotatable bonds is 3. The number of hydrogen-bond donors (Lipinski definition) is 0. The monoisotopic (exact) mass is 187 g/mol. The van der Waals surface area contributed by atoms with Crippen LogP contribution in [0.15, 0.2) is 0 Å². The fourth-order valence-corrected chi connectivity index (χ4v) is 1.35. The third kappa shape index (κ3) is 6.05. The Bertz CT molecular complexity index is 100. The summed E-state index contributed by atoms with van der Waals surface area (Å²) in [6.07, 6.45) is 1.29. The zero-order valence-electron chi connectivity index (χ0n) is 9.68. The van der Waals surface area contributed by atoms with E-state index in [2.05, 4.69) is 18.7 Å². The Balaban J connectivity index is 0.000000671. The van der Waals surface area contributed by atoms with Gasteiger partial charge in [-0.05, 0) is 5.92 Å². The van der Waals surface area contributed by atoms with Crippen LogP contribution in [-0.2, 0) is 4.74 Å². The van der Waals surface area contributed by atoms with Gasteiger partial charge in [0, 0.05) is 19.6 Å². The molecule has 2 nitrogen and oxygen atoms in total. The van der Waals surface area contributed by atoms with Gasteiger partial charge in [0.2, 0.25) is 0 Å². The Hall–Kier alpha value is -0.0800. The Kier molecular flexibility index (Phi) is 8.46. The fourth-order valence-electron chi connectivity index (χ4n) is 1.35. The molecule has 0 unspecified atom stereocenters. The molecule has 0 aromatic heterocycles. The highest BCUT2D eigenvalue weighted by Crippen LogP contribution is 2.05. The molecule has 0 N–H and O–H groups in total. The van der Waals surface area contributed by atoms with Gasteiger partial charge in [0.25, 0.3) is 0 Å². The van der Waals surface area contributed by atoms with Crippen molar-refractivity contribution in [2.75, 3.05) is 32.8 Å². The molecule has 0 radical (unpaired) electrons. The van der Waals surface area contributed by atoms with Crippen molar-refractivity contribution in [2.24, 2.45) is 5.92 Å². The van der Waals surface area contributed by atoms with Gasteiger partial charge in [-0.25, -0.2) is 0 Å². The normalized spacial score (nSPS) is 20.3. The summed E-state index contributed by atoms with van der Waals surface area (Å²) in [4.78, 5) is 2.50. The van der Waals surface area contributed by atoms with Crippen molar-refractivity contribution in [3.8, 4) is 0 Å². The summed E-state index contributed by atoms with van der Waals surface area (Å²) in [5.41, 5.74) is 0. The SMILES string of the molecule is CC.CC[C@H](C)CN1CCOCC1. The third-order valence-corrected chi connectivity index (χ3v) is 2.37. The lowest BCUT2D eigenvalue weighted by Gasteiger charge is -2.28. The predicted octanol–water partition coefficient (Wildman–Crippen LogP) is 2.39. The molecule has 1 aliphatic heterocycles. The number of nitrogens with zero attached hydrogens (tertiary/aromatic N) is 1. The van der Waals surface area contributed by atoms with Gasteiger partial charge in [-0.1, -0.05) is 34.1 Å². The summed E-state index contributed by atoms with van der Waals surface area (Å²) in [7, 11) is 0. The standard InChI is InChI=1S/C9H19NO.C2H6/c1-3-9(2)8-10-4-6-11-7-5-10;1-2/h9H,3-8H2,1-2H3;1-2H3/t9-;/m0./s1. The summed E-state index contributed by atoms with van der Waals surface area (Å²) in [5, 5.41) is 0. The first kappa shape index (κ1) is 12.9. The molecule has 0 aromatic carbocycles. The average molecular weight is 187 g/mol. The van der Waals surface area contributed by atoms with E-state index in [1.54, 1.807) is 0 Å². The lowest BCUT2D eigenvalue weighted by molar-refractivity contribution is 0.0316. The molecule has 0 spiro atoms. The molecule has 1 atom stereocenters. The Morgan fingerprint density at radius 2 is 1.77 bits per heavy atom. The highest BCUT2D eigenvalue weighted by molar-refractivity contribution is 4.64. The first-order valence-corrected chi connectivity index (χ1v) is 5.63.